The molecule has 1 N–H and O–H groups in total. The Kier molecular flexibility index (Phi) is 8.17. The predicted molar refractivity (Wildman–Crippen MR) is 130 cm³/mol. The van der Waals surface area contributed by atoms with Crippen molar-refractivity contribution in [3.05, 3.63) is 35.9 Å². The number of hydrogen-bond donors (Lipinski definition) is 1. The van der Waals surface area contributed by atoms with E-state index >= 15 is 0 Å². The number of nitrogens with zero attached hydrogens (tertiary/aromatic N) is 6. The smallest absolute Gasteiger partial charge is 0.194 e. The lowest BCUT2D eigenvalue weighted by Gasteiger charge is -2.37. The maximum Gasteiger partial charge on any atom is 0.194 e. The van der Waals surface area contributed by atoms with Gasteiger partial charge in [0.2, 0.25) is 0 Å². The Morgan fingerprint density at radius 1 is 1.03 bits per heavy atom. The average Bonchev–Trinajstić information content (AvgIpc) is 3.00. The highest BCUT2D eigenvalue weighted by molar-refractivity contribution is 14.0. The van der Waals surface area contributed by atoms with Crippen LogP contribution in [0, 0.1) is 0 Å². The molecule has 2 aliphatic heterocycles. The summed E-state index contributed by atoms with van der Waals surface area (Å²) in [5.41, 5.74) is 1.24. The van der Waals surface area contributed by atoms with Gasteiger partial charge in [0.25, 0.3) is 0 Å². The van der Waals surface area contributed by atoms with E-state index in [0.29, 0.717) is 6.54 Å². The van der Waals surface area contributed by atoms with Crippen LogP contribution in [0.1, 0.15) is 30.9 Å². The molecule has 0 spiro atoms. The molecule has 1 saturated heterocycles. The zero-order chi connectivity index (χ0) is 20.1. The molecular formula is C21H32IN7O. The molecule has 8 nitrogen and oxygen atoms in total. The minimum atomic E-state index is 0. The van der Waals surface area contributed by atoms with E-state index in [9.17, 15) is 0 Å². The number of methoxy groups -OCH3 is 1. The van der Waals surface area contributed by atoms with E-state index in [4.69, 9.17) is 4.74 Å². The SMILES string of the molecule is CN=C(NCc1nnc2n1CCCCC2)N1CCN(c2ccc(OC)cc2)CC1.I. The fourth-order valence-corrected chi connectivity index (χ4v) is 4.14. The van der Waals surface area contributed by atoms with E-state index in [-0.39, 0.29) is 24.0 Å². The molecule has 0 bridgehead atoms. The second-order valence-electron chi connectivity index (χ2n) is 7.57. The van der Waals surface area contributed by atoms with Gasteiger partial charge in [-0.1, -0.05) is 6.42 Å². The first-order chi connectivity index (χ1) is 14.3. The molecule has 164 valence electrons. The average molecular weight is 525 g/mol. The van der Waals surface area contributed by atoms with E-state index in [1.165, 1.54) is 24.9 Å². The third-order valence-electron chi connectivity index (χ3n) is 5.82. The molecule has 1 aromatic carbocycles. The van der Waals surface area contributed by atoms with Crippen LogP contribution in [0.2, 0.25) is 0 Å². The van der Waals surface area contributed by atoms with Gasteiger partial charge in [-0.3, -0.25) is 4.99 Å². The molecule has 30 heavy (non-hydrogen) atoms. The fraction of sp³-hybridized carbons (Fsp3) is 0.571. The van der Waals surface area contributed by atoms with Crippen molar-refractivity contribution in [2.24, 2.45) is 4.99 Å². The topological polar surface area (TPSA) is 70.8 Å². The summed E-state index contributed by atoms with van der Waals surface area (Å²) in [6, 6.07) is 8.28. The maximum atomic E-state index is 5.26. The summed E-state index contributed by atoms with van der Waals surface area (Å²) in [7, 11) is 3.55. The Hall–Kier alpha value is -2.04. The first-order valence-corrected chi connectivity index (χ1v) is 10.5. The number of nitrogens with one attached hydrogen (secondary N) is 1. The van der Waals surface area contributed by atoms with E-state index < -0.39 is 0 Å². The quantitative estimate of drug-likeness (QED) is 0.376. The Balaban J connectivity index is 0.00000256. The van der Waals surface area contributed by atoms with Crippen molar-refractivity contribution in [2.75, 3.05) is 45.2 Å². The molecular weight excluding hydrogens is 493 g/mol. The van der Waals surface area contributed by atoms with Gasteiger partial charge in [0.15, 0.2) is 11.8 Å². The zero-order valence-electron chi connectivity index (χ0n) is 17.9. The van der Waals surface area contributed by atoms with Crippen molar-refractivity contribution in [3.8, 4) is 5.75 Å². The van der Waals surface area contributed by atoms with E-state index in [1.54, 1.807) is 7.11 Å². The van der Waals surface area contributed by atoms with Gasteiger partial charge in [0, 0.05) is 51.9 Å². The van der Waals surface area contributed by atoms with Gasteiger partial charge in [-0.2, -0.15) is 0 Å². The largest absolute Gasteiger partial charge is 0.497 e. The lowest BCUT2D eigenvalue weighted by Crippen LogP contribution is -2.52. The summed E-state index contributed by atoms with van der Waals surface area (Å²) in [6.07, 6.45) is 4.73. The van der Waals surface area contributed by atoms with Crippen LogP contribution in [-0.4, -0.2) is 66.0 Å². The maximum absolute atomic E-state index is 5.26. The van der Waals surface area contributed by atoms with Crippen LogP contribution in [0.3, 0.4) is 0 Å². The number of fused-ring (bicyclic) bond motifs is 1. The fourth-order valence-electron chi connectivity index (χ4n) is 4.14. The number of ether oxygens (including phenoxy) is 1. The highest BCUT2D eigenvalue weighted by atomic mass is 127. The summed E-state index contributed by atoms with van der Waals surface area (Å²) < 4.78 is 7.54. The number of aliphatic imine (C=N–C) groups is 1. The number of piperazine rings is 1. The van der Waals surface area contributed by atoms with Crippen LogP contribution < -0.4 is 15.0 Å². The minimum Gasteiger partial charge on any atom is -0.497 e. The highest BCUT2D eigenvalue weighted by Crippen LogP contribution is 2.20. The van der Waals surface area contributed by atoms with Crippen LogP contribution >= 0.6 is 24.0 Å². The molecule has 0 amide bonds. The third-order valence-corrected chi connectivity index (χ3v) is 5.82. The molecule has 3 heterocycles. The number of benzene rings is 1. The summed E-state index contributed by atoms with van der Waals surface area (Å²) in [4.78, 5) is 9.22. The van der Waals surface area contributed by atoms with Crippen molar-refractivity contribution in [3.63, 3.8) is 0 Å². The van der Waals surface area contributed by atoms with Crippen LogP contribution in [0.25, 0.3) is 0 Å². The van der Waals surface area contributed by atoms with Crippen LogP contribution in [0.5, 0.6) is 5.75 Å². The Morgan fingerprint density at radius 2 is 1.80 bits per heavy atom. The predicted octanol–water partition coefficient (Wildman–Crippen LogP) is 2.53. The highest BCUT2D eigenvalue weighted by Gasteiger charge is 2.21. The third kappa shape index (κ3) is 5.16. The Morgan fingerprint density at radius 3 is 2.50 bits per heavy atom. The molecule has 0 radical (unpaired) electrons. The summed E-state index contributed by atoms with van der Waals surface area (Å²) in [5.74, 6) is 3.97. The second-order valence-corrected chi connectivity index (χ2v) is 7.57. The first kappa shape index (κ1) is 22.6. The van der Waals surface area contributed by atoms with Gasteiger partial charge >= 0.3 is 0 Å². The Labute approximate surface area is 195 Å². The number of hydrogen-bond acceptors (Lipinski definition) is 5. The summed E-state index contributed by atoms with van der Waals surface area (Å²) in [5, 5.41) is 12.3. The zero-order valence-corrected chi connectivity index (χ0v) is 20.2. The standard InChI is InChI=1S/C21H31N7O.HI/c1-22-21(23-16-20-25-24-19-6-4-3-5-11-28(19)20)27-14-12-26(13-15-27)17-7-9-18(29-2)10-8-17;/h7-10H,3-6,11-16H2,1-2H3,(H,22,23);1H. The number of rotatable bonds is 4. The monoisotopic (exact) mass is 525 g/mol. The normalized spacial score (nSPS) is 17.1. The number of aromatic nitrogens is 3. The van der Waals surface area contributed by atoms with Gasteiger partial charge in [0.05, 0.1) is 13.7 Å². The van der Waals surface area contributed by atoms with Gasteiger partial charge in [-0.15, -0.1) is 34.2 Å². The van der Waals surface area contributed by atoms with Crippen LogP contribution in [-0.2, 0) is 19.5 Å². The van der Waals surface area contributed by atoms with Crippen molar-refractivity contribution < 1.29 is 4.74 Å². The molecule has 2 aromatic rings. The van der Waals surface area contributed by atoms with E-state index in [2.05, 4.69) is 47.0 Å². The number of aryl methyl sites for hydroxylation is 1. The van der Waals surface area contributed by atoms with E-state index in [1.807, 2.05) is 19.2 Å². The van der Waals surface area contributed by atoms with E-state index in [0.717, 1.165) is 62.5 Å². The lowest BCUT2D eigenvalue weighted by molar-refractivity contribution is 0.371. The molecule has 0 unspecified atom stereocenters. The molecule has 9 heteroatoms. The molecule has 0 aliphatic carbocycles. The molecule has 1 fully saturated rings. The van der Waals surface area contributed by atoms with Crippen LogP contribution in [0.4, 0.5) is 5.69 Å². The Bertz CT molecular complexity index is 828. The molecule has 0 atom stereocenters. The van der Waals surface area contributed by atoms with Gasteiger partial charge in [0.1, 0.15) is 11.6 Å². The lowest BCUT2D eigenvalue weighted by atomic mass is 10.2. The molecule has 1 aromatic heterocycles. The molecule has 4 rings (SSSR count). The molecule has 2 aliphatic rings. The number of anilines is 1. The van der Waals surface area contributed by atoms with Crippen molar-refractivity contribution >= 4 is 35.6 Å². The van der Waals surface area contributed by atoms with Crippen molar-refractivity contribution in [2.45, 2.75) is 38.8 Å². The summed E-state index contributed by atoms with van der Waals surface area (Å²) in [6.45, 7) is 5.49. The molecule has 0 saturated carbocycles. The summed E-state index contributed by atoms with van der Waals surface area (Å²) >= 11 is 0. The van der Waals surface area contributed by atoms with Crippen molar-refractivity contribution in [1.29, 1.82) is 0 Å². The van der Waals surface area contributed by atoms with Crippen LogP contribution in [0.15, 0.2) is 29.3 Å². The number of guanidine groups is 1. The first-order valence-electron chi connectivity index (χ1n) is 10.5. The van der Waals surface area contributed by atoms with Gasteiger partial charge < -0.3 is 24.4 Å². The minimum absolute atomic E-state index is 0. The van der Waals surface area contributed by atoms with Crippen molar-refractivity contribution in [1.82, 2.24) is 25.0 Å². The van der Waals surface area contributed by atoms with Gasteiger partial charge in [-0.25, -0.2) is 0 Å². The van der Waals surface area contributed by atoms with Gasteiger partial charge in [-0.05, 0) is 37.1 Å². The second kappa shape index (κ2) is 10.8. The number of halogens is 1.